The van der Waals surface area contributed by atoms with E-state index in [-0.39, 0.29) is 11.3 Å². The van der Waals surface area contributed by atoms with Gasteiger partial charge in [-0.2, -0.15) is 18.4 Å². The summed E-state index contributed by atoms with van der Waals surface area (Å²) in [5, 5.41) is 16.0. The van der Waals surface area contributed by atoms with E-state index in [1.54, 1.807) is 12.1 Å². The van der Waals surface area contributed by atoms with Gasteiger partial charge in [0, 0.05) is 43.4 Å². The lowest BCUT2D eigenvalue weighted by Crippen LogP contribution is -2.31. The van der Waals surface area contributed by atoms with Crippen LogP contribution in [-0.4, -0.2) is 52.7 Å². The third-order valence-electron chi connectivity index (χ3n) is 5.50. The predicted octanol–water partition coefficient (Wildman–Crippen LogP) is 3.22. The van der Waals surface area contributed by atoms with Crippen LogP contribution in [-0.2, 0) is 16.1 Å². The molecule has 2 aromatic rings. The Morgan fingerprint density at radius 1 is 1.19 bits per heavy atom. The molecule has 2 aliphatic heterocycles. The number of halogens is 3. The van der Waals surface area contributed by atoms with Gasteiger partial charge in [0.1, 0.15) is 0 Å². The summed E-state index contributed by atoms with van der Waals surface area (Å²) in [4.78, 5) is 30.2. The van der Waals surface area contributed by atoms with Crippen molar-refractivity contribution >= 4 is 17.6 Å². The summed E-state index contributed by atoms with van der Waals surface area (Å²) in [5.41, 5.74) is 2.63. The molecule has 0 bridgehead atoms. The van der Waals surface area contributed by atoms with Crippen LogP contribution in [0.25, 0.3) is 0 Å². The topological polar surface area (TPSA) is 97.5 Å². The summed E-state index contributed by atoms with van der Waals surface area (Å²) < 4.78 is 31.7. The number of nitriles is 1. The fourth-order valence-electron chi connectivity index (χ4n) is 4.00. The monoisotopic (exact) mass is 446 g/mol. The number of carbonyl (C=O) groups excluding carboxylic acids is 1. The summed E-state index contributed by atoms with van der Waals surface area (Å²) in [5.74, 6) is -2.57. The molecular formula is C22H21F3N4O3. The van der Waals surface area contributed by atoms with Gasteiger partial charge < -0.3 is 10.0 Å². The van der Waals surface area contributed by atoms with Gasteiger partial charge in [0.2, 0.25) is 5.91 Å². The van der Waals surface area contributed by atoms with Crippen molar-refractivity contribution in [3.63, 3.8) is 0 Å². The van der Waals surface area contributed by atoms with Gasteiger partial charge in [-0.25, -0.2) is 4.79 Å². The van der Waals surface area contributed by atoms with Crippen LogP contribution in [0.3, 0.4) is 0 Å². The first-order valence-electron chi connectivity index (χ1n) is 9.85. The highest BCUT2D eigenvalue weighted by Crippen LogP contribution is 2.42. The number of aromatic nitrogens is 1. The van der Waals surface area contributed by atoms with Crippen LogP contribution in [0.2, 0.25) is 0 Å². The molecule has 1 N–H and O–H groups in total. The highest BCUT2D eigenvalue weighted by atomic mass is 19.4. The Kier molecular flexibility index (Phi) is 6.79. The van der Waals surface area contributed by atoms with Crippen molar-refractivity contribution in [3.8, 4) is 6.07 Å². The SMILES string of the molecule is N#Cc1ccc(N2CC3(CCN(Cc4ccccn4)C3)CC2=O)cc1.O=C(O)C(F)(F)F. The maximum atomic E-state index is 12.6. The van der Waals surface area contributed by atoms with Crippen LogP contribution in [0, 0.1) is 16.7 Å². The fraction of sp³-hybridized carbons (Fsp3) is 0.364. The first-order chi connectivity index (χ1) is 15.1. The van der Waals surface area contributed by atoms with E-state index < -0.39 is 12.1 Å². The molecular weight excluding hydrogens is 425 g/mol. The molecule has 0 saturated carbocycles. The number of aliphatic carboxylic acids is 1. The van der Waals surface area contributed by atoms with E-state index in [1.165, 1.54) is 0 Å². The van der Waals surface area contributed by atoms with Gasteiger partial charge in [0.05, 0.1) is 17.3 Å². The van der Waals surface area contributed by atoms with Crippen molar-refractivity contribution in [2.75, 3.05) is 24.5 Å². The molecule has 1 spiro atoms. The lowest BCUT2D eigenvalue weighted by Gasteiger charge is -2.24. The number of likely N-dealkylation sites (tertiary alicyclic amines) is 1. The van der Waals surface area contributed by atoms with Gasteiger partial charge >= 0.3 is 12.1 Å². The lowest BCUT2D eigenvalue weighted by molar-refractivity contribution is -0.192. The van der Waals surface area contributed by atoms with E-state index in [0.29, 0.717) is 12.0 Å². The summed E-state index contributed by atoms with van der Waals surface area (Å²) in [6, 6.07) is 15.4. The molecule has 1 atom stereocenters. The average molecular weight is 446 g/mol. The molecule has 168 valence electrons. The van der Waals surface area contributed by atoms with E-state index in [1.807, 2.05) is 41.4 Å². The molecule has 2 fully saturated rings. The Labute approximate surface area is 182 Å². The number of carbonyl (C=O) groups is 2. The molecule has 10 heteroatoms. The first kappa shape index (κ1) is 23.2. The third-order valence-corrected chi connectivity index (χ3v) is 5.50. The molecule has 2 saturated heterocycles. The molecule has 7 nitrogen and oxygen atoms in total. The average Bonchev–Trinajstić information content (AvgIpc) is 3.30. The molecule has 32 heavy (non-hydrogen) atoms. The molecule has 4 rings (SSSR count). The summed E-state index contributed by atoms with van der Waals surface area (Å²) in [6.45, 7) is 3.54. The Morgan fingerprint density at radius 3 is 2.44 bits per heavy atom. The van der Waals surface area contributed by atoms with E-state index in [9.17, 15) is 18.0 Å². The smallest absolute Gasteiger partial charge is 0.475 e. The zero-order valence-corrected chi connectivity index (χ0v) is 17.0. The molecule has 1 unspecified atom stereocenters. The summed E-state index contributed by atoms with van der Waals surface area (Å²) in [6.07, 6.45) is -1.61. The number of pyridine rings is 1. The van der Waals surface area contributed by atoms with E-state index in [2.05, 4.69) is 16.0 Å². The maximum Gasteiger partial charge on any atom is 0.490 e. The van der Waals surface area contributed by atoms with Crippen molar-refractivity contribution in [1.29, 1.82) is 5.26 Å². The predicted molar refractivity (Wildman–Crippen MR) is 108 cm³/mol. The molecule has 1 aromatic carbocycles. The van der Waals surface area contributed by atoms with Crippen molar-refractivity contribution < 1.29 is 27.9 Å². The third kappa shape index (κ3) is 5.62. The van der Waals surface area contributed by atoms with E-state index in [0.717, 1.165) is 44.0 Å². The first-order valence-corrected chi connectivity index (χ1v) is 9.85. The number of hydrogen-bond donors (Lipinski definition) is 1. The van der Waals surface area contributed by atoms with E-state index in [4.69, 9.17) is 15.2 Å². The molecule has 0 aliphatic carbocycles. The number of alkyl halides is 3. The quantitative estimate of drug-likeness (QED) is 0.778. The Morgan fingerprint density at radius 2 is 1.88 bits per heavy atom. The number of benzene rings is 1. The van der Waals surface area contributed by atoms with Crippen molar-refractivity contribution in [1.82, 2.24) is 9.88 Å². The minimum Gasteiger partial charge on any atom is -0.475 e. The number of carboxylic acid groups (broad SMARTS) is 1. The van der Waals surface area contributed by atoms with Crippen molar-refractivity contribution in [3.05, 3.63) is 59.9 Å². The van der Waals surface area contributed by atoms with Crippen LogP contribution in [0.5, 0.6) is 0 Å². The number of anilines is 1. The number of nitrogens with zero attached hydrogens (tertiary/aromatic N) is 4. The van der Waals surface area contributed by atoms with Gasteiger partial charge in [-0.3, -0.25) is 14.7 Å². The second kappa shape index (κ2) is 9.36. The zero-order chi connectivity index (χ0) is 23.4. The summed E-state index contributed by atoms with van der Waals surface area (Å²) >= 11 is 0. The van der Waals surface area contributed by atoms with Gasteiger partial charge in [-0.1, -0.05) is 6.07 Å². The molecule has 3 heterocycles. The number of carboxylic acids is 1. The van der Waals surface area contributed by atoms with Crippen molar-refractivity contribution in [2.24, 2.45) is 5.41 Å². The van der Waals surface area contributed by atoms with Gasteiger partial charge in [0.15, 0.2) is 0 Å². The Hall–Kier alpha value is -3.45. The van der Waals surface area contributed by atoms with Crippen LogP contribution in [0.15, 0.2) is 48.7 Å². The van der Waals surface area contributed by atoms with Gasteiger partial charge in [-0.15, -0.1) is 0 Å². The fourth-order valence-corrected chi connectivity index (χ4v) is 4.00. The number of hydrogen-bond acceptors (Lipinski definition) is 5. The Balaban J connectivity index is 0.000000360. The highest BCUT2D eigenvalue weighted by molar-refractivity contribution is 5.96. The minimum absolute atomic E-state index is 0.0414. The second-order valence-corrected chi connectivity index (χ2v) is 7.90. The molecule has 1 aromatic heterocycles. The standard InChI is InChI=1S/C20H20N4O.C2HF3O2/c21-12-16-4-6-18(7-5-16)24-15-20(11-19(24)25)8-10-23(14-20)13-17-3-1-2-9-22-17;3-2(4,5)1(6)7/h1-7,9H,8,10-11,13-15H2;(H,6,7). The van der Waals surface area contributed by atoms with Gasteiger partial charge in [0.25, 0.3) is 0 Å². The van der Waals surface area contributed by atoms with Crippen LogP contribution in [0.1, 0.15) is 24.1 Å². The van der Waals surface area contributed by atoms with Crippen LogP contribution >= 0.6 is 0 Å². The zero-order valence-electron chi connectivity index (χ0n) is 17.0. The Bertz CT molecular complexity index is 1010. The van der Waals surface area contributed by atoms with E-state index >= 15 is 0 Å². The molecule has 0 radical (unpaired) electrons. The van der Waals surface area contributed by atoms with Gasteiger partial charge in [-0.05, 0) is 49.4 Å². The second-order valence-electron chi connectivity index (χ2n) is 7.90. The normalized spacial score (nSPS) is 20.7. The largest absolute Gasteiger partial charge is 0.490 e. The minimum atomic E-state index is -5.08. The van der Waals surface area contributed by atoms with Crippen LogP contribution in [0.4, 0.5) is 18.9 Å². The molecule has 2 aliphatic rings. The summed E-state index contributed by atoms with van der Waals surface area (Å²) in [7, 11) is 0. The van der Waals surface area contributed by atoms with Crippen molar-refractivity contribution in [2.45, 2.75) is 25.6 Å². The lowest BCUT2D eigenvalue weighted by atomic mass is 9.86. The maximum absolute atomic E-state index is 12.6. The highest BCUT2D eigenvalue weighted by Gasteiger charge is 2.47. The number of rotatable bonds is 3. The molecule has 1 amide bonds. The number of amides is 1. The van der Waals surface area contributed by atoms with Crippen LogP contribution < -0.4 is 4.90 Å².